The zero-order valence-corrected chi connectivity index (χ0v) is 12.6. The molecule has 2 aromatic rings. The first kappa shape index (κ1) is 16.7. The van der Waals surface area contributed by atoms with E-state index in [9.17, 15) is 14.7 Å². The van der Waals surface area contributed by atoms with Crippen LogP contribution in [0, 0.1) is 0 Å². The van der Waals surface area contributed by atoms with Crippen molar-refractivity contribution < 1.29 is 19.1 Å². The first-order valence-corrected chi connectivity index (χ1v) is 7.39. The van der Waals surface area contributed by atoms with Gasteiger partial charge in [0.1, 0.15) is 11.8 Å². The molecule has 0 radical (unpaired) electrons. The second kappa shape index (κ2) is 8.70. The predicted octanol–water partition coefficient (Wildman–Crippen LogP) is 2.54. The predicted molar refractivity (Wildman–Crippen MR) is 86.9 cm³/mol. The number of ketones is 1. The van der Waals surface area contributed by atoms with Crippen LogP contribution in [0.15, 0.2) is 59.2 Å². The minimum absolute atomic E-state index is 0.0854. The molecule has 120 valence electrons. The number of nitrogens with one attached hydrogen (secondary N) is 1. The molecule has 0 bridgehead atoms. The number of carboxylic acids is 1. The van der Waals surface area contributed by atoms with Gasteiger partial charge in [0, 0.05) is 13.0 Å². The summed E-state index contributed by atoms with van der Waals surface area (Å²) in [4.78, 5) is 23.0. The molecule has 1 aromatic heterocycles. The third-order valence-electron chi connectivity index (χ3n) is 3.32. The van der Waals surface area contributed by atoms with Crippen molar-refractivity contribution in [2.45, 2.75) is 18.9 Å². The first-order chi connectivity index (χ1) is 11.1. The Labute approximate surface area is 134 Å². The van der Waals surface area contributed by atoms with Crippen LogP contribution in [0.5, 0.6) is 0 Å². The molecule has 2 rings (SSSR count). The van der Waals surface area contributed by atoms with Crippen molar-refractivity contribution >= 4 is 17.8 Å². The van der Waals surface area contributed by atoms with E-state index in [-0.39, 0.29) is 12.2 Å². The van der Waals surface area contributed by atoms with Gasteiger partial charge in [0.2, 0.25) is 0 Å². The monoisotopic (exact) mass is 313 g/mol. The lowest BCUT2D eigenvalue weighted by Gasteiger charge is -2.13. The van der Waals surface area contributed by atoms with Gasteiger partial charge in [0.05, 0.1) is 6.26 Å². The molecule has 23 heavy (non-hydrogen) atoms. The van der Waals surface area contributed by atoms with Crippen molar-refractivity contribution in [3.8, 4) is 0 Å². The highest BCUT2D eigenvalue weighted by atomic mass is 16.4. The summed E-state index contributed by atoms with van der Waals surface area (Å²) in [5, 5.41) is 12.2. The molecule has 5 nitrogen and oxygen atoms in total. The molecule has 5 heteroatoms. The van der Waals surface area contributed by atoms with Crippen LogP contribution in [0.2, 0.25) is 0 Å². The normalized spacial score (nSPS) is 12.3. The second-order valence-corrected chi connectivity index (χ2v) is 5.10. The van der Waals surface area contributed by atoms with E-state index >= 15 is 0 Å². The van der Waals surface area contributed by atoms with Crippen LogP contribution in [0.4, 0.5) is 0 Å². The Hall–Kier alpha value is -2.66. The number of aliphatic carboxylic acids is 1. The summed E-state index contributed by atoms with van der Waals surface area (Å²) < 4.78 is 5.09. The molecule has 0 saturated heterocycles. The standard InChI is InChI=1S/C18H19NO4/c20-15(8-9-16-7-4-12-23-16)10-11-19-17(18(21)22)13-14-5-2-1-3-6-14/h1-9,12,17,19H,10-11,13H2,(H,21,22)/t17-/m0/s1. The molecule has 2 N–H and O–H groups in total. The lowest BCUT2D eigenvalue weighted by atomic mass is 10.1. The summed E-state index contributed by atoms with van der Waals surface area (Å²) in [7, 11) is 0. The molecular weight excluding hydrogens is 294 g/mol. The number of hydrogen-bond acceptors (Lipinski definition) is 4. The van der Waals surface area contributed by atoms with Crippen molar-refractivity contribution in [2.24, 2.45) is 0 Å². The maximum absolute atomic E-state index is 11.7. The summed E-state index contributed by atoms with van der Waals surface area (Å²) in [5.41, 5.74) is 0.941. The summed E-state index contributed by atoms with van der Waals surface area (Å²) >= 11 is 0. The van der Waals surface area contributed by atoms with E-state index < -0.39 is 12.0 Å². The molecule has 0 aliphatic heterocycles. The highest BCUT2D eigenvalue weighted by Crippen LogP contribution is 2.04. The van der Waals surface area contributed by atoms with E-state index in [0.717, 1.165) is 5.56 Å². The third-order valence-corrected chi connectivity index (χ3v) is 3.32. The number of hydrogen-bond donors (Lipinski definition) is 2. The number of rotatable bonds is 9. The van der Waals surface area contributed by atoms with E-state index in [1.54, 1.807) is 18.2 Å². The molecule has 1 heterocycles. The summed E-state index contributed by atoms with van der Waals surface area (Å²) in [6.07, 6.45) is 5.18. The Morgan fingerprint density at radius 2 is 1.96 bits per heavy atom. The van der Waals surface area contributed by atoms with Gasteiger partial charge in [-0.15, -0.1) is 0 Å². The van der Waals surface area contributed by atoms with Gasteiger partial charge < -0.3 is 14.8 Å². The highest BCUT2D eigenvalue weighted by Gasteiger charge is 2.17. The summed E-state index contributed by atoms with van der Waals surface area (Å²) in [6, 6.07) is 12.2. The van der Waals surface area contributed by atoms with Gasteiger partial charge in [-0.05, 0) is 36.3 Å². The van der Waals surface area contributed by atoms with Crippen molar-refractivity contribution in [1.29, 1.82) is 0 Å². The molecule has 0 fully saturated rings. The molecule has 0 spiro atoms. The number of benzene rings is 1. The average molecular weight is 313 g/mol. The number of furan rings is 1. The maximum Gasteiger partial charge on any atom is 0.321 e. The van der Waals surface area contributed by atoms with Gasteiger partial charge in [-0.3, -0.25) is 9.59 Å². The van der Waals surface area contributed by atoms with Gasteiger partial charge in [-0.2, -0.15) is 0 Å². The lowest BCUT2D eigenvalue weighted by Crippen LogP contribution is -2.39. The van der Waals surface area contributed by atoms with Crippen LogP contribution in [-0.4, -0.2) is 29.4 Å². The molecule has 0 unspecified atom stereocenters. The largest absolute Gasteiger partial charge is 0.480 e. The Bertz CT molecular complexity index is 647. The fourth-order valence-corrected chi connectivity index (χ4v) is 2.11. The number of carbonyl (C=O) groups excluding carboxylic acids is 1. The van der Waals surface area contributed by atoms with E-state index in [0.29, 0.717) is 18.7 Å². The molecule has 0 aliphatic rings. The van der Waals surface area contributed by atoms with Crippen molar-refractivity contribution in [3.63, 3.8) is 0 Å². The molecule has 0 amide bonds. The number of carbonyl (C=O) groups is 2. The van der Waals surface area contributed by atoms with Gasteiger partial charge >= 0.3 is 5.97 Å². The number of carboxylic acid groups (broad SMARTS) is 1. The minimum atomic E-state index is -0.924. The zero-order valence-electron chi connectivity index (χ0n) is 12.6. The van der Waals surface area contributed by atoms with Crippen LogP contribution >= 0.6 is 0 Å². The van der Waals surface area contributed by atoms with Gasteiger partial charge in [-0.1, -0.05) is 30.3 Å². The number of allylic oxidation sites excluding steroid dienone is 1. The Morgan fingerprint density at radius 1 is 1.17 bits per heavy atom. The van der Waals surface area contributed by atoms with Crippen LogP contribution in [0.3, 0.4) is 0 Å². The molecule has 1 atom stereocenters. The fraction of sp³-hybridized carbons (Fsp3) is 0.222. The molecule has 0 saturated carbocycles. The summed E-state index contributed by atoms with van der Waals surface area (Å²) in [6.45, 7) is 0.311. The van der Waals surface area contributed by atoms with Crippen molar-refractivity contribution in [2.75, 3.05) is 6.54 Å². The van der Waals surface area contributed by atoms with Crippen molar-refractivity contribution in [1.82, 2.24) is 5.32 Å². The first-order valence-electron chi connectivity index (χ1n) is 7.39. The smallest absolute Gasteiger partial charge is 0.321 e. The minimum Gasteiger partial charge on any atom is -0.480 e. The van der Waals surface area contributed by atoms with Gasteiger partial charge in [-0.25, -0.2) is 0 Å². The van der Waals surface area contributed by atoms with Crippen LogP contribution in [0.1, 0.15) is 17.7 Å². The molecular formula is C18H19NO4. The molecule has 0 aliphatic carbocycles. The molecule has 1 aromatic carbocycles. The zero-order chi connectivity index (χ0) is 16.5. The topological polar surface area (TPSA) is 79.5 Å². The van der Waals surface area contributed by atoms with E-state index in [2.05, 4.69) is 5.32 Å². The highest BCUT2D eigenvalue weighted by molar-refractivity contribution is 5.93. The fourth-order valence-electron chi connectivity index (χ4n) is 2.11. The van der Waals surface area contributed by atoms with E-state index in [1.165, 1.54) is 12.3 Å². The second-order valence-electron chi connectivity index (χ2n) is 5.10. The van der Waals surface area contributed by atoms with Crippen LogP contribution in [0.25, 0.3) is 6.08 Å². The average Bonchev–Trinajstić information content (AvgIpc) is 3.06. The van der Waals surface area contributed by atoms with Crippen LogP contribution in [-0.2, 0) is 16.0 Å². The Balaban J connectivity index is 1.78. The SMILES string of the molecule is O=C(C=Cc1ccco1)CCN[C@@H](Cc1ccccc1)C(=O)O. The Kier molecular flexibility index (Phi) is 6.32. The lowest BCUT2D eigenvalue weighted by molar-refractivity contribution is -0.139. The maximum atomic E-state index is 11.7. The third kappa shape index (κ3) is 5.92. The van der Waals surface area contributed by atoms with Crippen LogP contribution < -0.4 is 5.32 Å². The Morgan fingerprint density at radius 3 is 2.61 bits per heavy atom. The van der Waals surface area contributed by atoms with Gasteiger partial charge in [0.15, 0.2) is 5.78 Å². The summed E-state index contributed by atoms with van der Waals surface area (Å²) in [5.74, 6) is -0.399. The van der Waals surface area contributed by atoms with E-state index in [1.807, 2.05) is 30.3 Å². The van der Waals surface area contributed by atoms with E-state index in [4.69, 9.17) is 4.42 Å². The quantitative estimate of drug-likeness (QED) is 0.695. The van der Waals surface area contributed by atoms with Crippen molar-refractivity contribution in [3.05, 3.63) is 66.1 Å². The van der Waals surface area contributed by atoms with Gasteiger partial charge in [0.25, 0.3) is 0 Å².